The van der Waals surface area contributed by atoms with Crippen molar-refractivity contribution in [1.29, 1.82) is 0 Å². The number of fused-ring (bicyclic) bond motifs is 1. The molecule has 1 aromatic rings. The Morgan fingerprint density at radius 3 is 2.77 bits per heavy atom. The monoisotopic (exact) mass is 379 g/mol. The van der Waals surface area contributed by atoms with Crippen molar-refractivity contribution in [1.82, 2.24) is 10.3 Å². The van der Waals surface area contributed by atoms with Crippen molar-refractivity contribution in [3.05, 3.63) is 23.0 Å². The van der Waals surface area contributed by atoms with Gasteiger partial charge in [0.1, 0.15) is 0 Å². The summed E-state index contributed by atoms with van der Waals surface area (Å²) in [5, 5.41) is 6.96. The maximum absolute atomic E-state index is 12.1. The first-order chi connectivity index (χ1) is 12.2. The molecule has 1 aromatic heterocycles. The molecule has 0 spiro atoms. The summed E-state index contributed by atoms with van der Waals surface area (Å²) in [5.41, 5.74) is 3.44. The van der Waals surface area contributed by atoms with Gasteiger partial charge in [0.2, 0.25) is 0 Å². The first-order valence-electron chi connectivity index (χ1n) is 9.44. The second-order valence-electron chi connectivity index (χ2n) is 8.16. The predicted molar refractivity (Wildman–Crippen MR) is 107 cm³/mol. The second-order valence-corrected chi connectivity index (χ2v) is 13.0. The quantitative estimate of drug-likeness (QED) is 0.430. The molecule has 1 aliphatic rings. The smallest absolute Gasteiger partial charge is 0.356 e. The van der Waals surface area contributed by atoms with E-state index < -0.39 is 8.32 Å². The van der Waals surface area contributed by atoms with E-state index in [1.807, 2.05) is 6.07 Å². The molecule has 26 heavy (non-hydrogen) atoms. The zero-order valence-corrected chi connectivity index (χ0v) is 18.0. The van der Waals surface area contributed by atoms with Gasteiger partial charge in [0.25, 0.3) is 0 Å². The summed E-state index contributed by atoms with van der Waals surface area (Å²) >= 11 is 0. The average molecular weight is 380 g/mol. The Morgan fingerprint density at radius 2 is 2.12 bits per heavy atom. The number of hydrogen-bond donors (Lipinski definition) is 2. The number of anilines is 1. The number of carbonyl (C=O) groups excluding carboxylic acids is 1. The van der Waals surface area contributed by atoms with E-state index in [-0.39, 0.29) is 11.0 Å². The number of esters is 1. The zero-order chi connectivity index (χ0) is 19.4. The van der Waals surface area contributed by atoms with Gasteiger partial charge in [-0.05, 0) is 49.7 Å². The molecule has 1 aliphatic heterocycles. The summed E-state index contributed by atoms with van der Waals surface area (Å²) in [6.45, 7) is 16.3. The highest BCUT2D eigenvalue weighted by Gasteiger charge is 2.36. The lowest BCUT2D eigenvalue weighted by Crippen LogP contribution is -2.41. The van der Waals surface area contributed by atoms with Crippen LogP contribution in [0.4, 0.5) is 5.69 Å². The Labute approximate surface area is 158 Å². The average Bonchev–Trinajstić information content (AvgIpc) is 2.57. The van der Waals surface area contributed by atoms with Gasteiger partial charge >= 0.3 is 5.97 Å². The van der Waals surface area contributed by atoms with Crippen molar-refractivity contribution >= 4 is 20.0 Å². The molecule has 0 atom stereocenters. The van der Waals surface area contributed by atoms with Gasteiger partial charge in [-0.15, -0.1) is 0 Å². The topological polar surface area (TPSA) is 72.5 Å². The minimum atomic E-state index is -1.75. The van der Waals surface area contributed by atoms with Gasteiger partial charge in [0.15, 0.2) is 14.0 Å². The van der Waals surface area contributed by atoms with Crippen LogP contribution in [0.2, 0.25) is 18.1 Å². The molecular formula is C19H33N3O3Si. The largest absolute Gasteiger partial charge is 0.461 e. The molecule has 2 heterocycles. The lowest BCUT2D eigenvalue weighted by molar-refractivity contribution is 0.0519. The van der Waals surface area contributed by atoms with Crippen LogP contribution >= 0.6 is 0 Å². The number of rotatable bonds is 7. The first kappa shape index (κ1) is 20.9. The maximum atomic E-state index is 12.1. The Kier molecular flexibility index (Phi) is 6.82. The number of nitrogens with one attached hydrogen (secondary N) is 2. The zero-order valence-electron chi connectivity index (χ0n) is 17.0. The van der Waals surface area contributed by atoms with Gasteiger partial charge < -0.3 is 19.8 Å². The molecule has 146 valence electrons. The lowest BCUT2D eigenvalue weighted by atomic mass is 10.0. The number of ether oxygens (including phenoxy) is 1. The summed E-state index contributed by atoms with van der Waals surface area (Å²) in [5.74, 6) is -0.374. The summed E-state index contributed by atoms with van der Waals surface area (Å²) in [7, 11) is -1.75. The van der Waals surface area contributed by atoms with Crippen LogP contribution < -0.4 is 10.6 Å². The first-order valence-corrected chi connectivity index (χ1v) is 12.3. The van der Waals surface area contributed by atoms with E-state index in [0.29, 0.717) is 32.0 Å². The lowest BCUT2D eigenvalue weighted by Gasteiger charge is -2.36. The van der Waals surface area contributed by atoms with Crippen LogP contribution in [0.25, 0.3) is 0 Å². The third-order valence-corrected chi connectivity index (χ3v) is 9.76. The van der Waals surface area contributed by atoms with E-state index in [2.05, 4.69) is 49.5 Å². The van der Waals surface area contributed by atoms with Crippen LogP contribution in [0.5, 0.6) is 0 Å². The summed E-state index contributed by atoms with van der Waals surface area (Å²) in [4.78, 5) is 16.6. The number of pyridine rings is 1. The molecule has 0 bridgehead atoms. The molecule has 0 saturated carbocycles. The summed E-state index contributed by atoms with van der Waals surface area (Å²) in [6, 6.07) is 1.81. The van der Waals surface area contributed by atoms with Crippen molar-refractivity contribution in [3.8, 4) is 0 Å². The van der Waals surface area contributed by atoms with Gasteiger partial charge in [0.05, 0.1) is 18.9 Å². The number of aromatic nitrogens is 1. The van der Waals surface area contributed by atoms with Crippen molar-refractivity contribution in [3.63, 3.8) is 0 Å². The Morgan fingerprint density at radius 1 is 1.38 bits per heavy atom. The van der Waals surface area contributed by atoms with E-state index in [1.54, 1.807) is 6.92 Å². The number of carbonyl (C=O) groups is 1. The molecule has 0 aromatic carbocycles. The fraction of sp³-hybridized carbons (Fsp3) is 0.684. The molecule has 2 N–H and O–H groups in total. The van der Waals surface area contributed by atoms with E-state index >= 15 is 0 Å². The Bertz CT molecular complexity index is 642. The van der Waals surface area contributed by atoms with Crippen LogP contribution in [0, 0.1) is 0 Å². The van der Waals surface area contributed by atoms with E-state index in [1.165, 1.54) is 5.56 Å². The highest BCUT2D eigenvalue weighted by Crippen LogP contribution is 2.36. The molecule has 0 amide bonds. The van der Waals surface area contributed by atoms with Crippen LogP contribution in [-0.2, 0) is 22.1 Å². The number of hydrogen-bond acceptors (Lipinski definition) is 6. The van der Waals surface area contributed by atoms with Gasteiger partial charge in [-0.2, -0.15) is 0 Å². The van der Waals surface area contributed by atoms with Crippen LogP contribution in [0.1, 0.15) is 49.4 Å². The summed E-state index contributed by atoms with van der Waals surface area (Å²) < 4.78 is 11.3. The van der Waals surface area contributed by atoms with Gasteiger partial charge in [-0.25, -0.2) is 9.78 Å². The Hall–Kier alpha value is -1.44. The number of nitrogens with zero attached hydrogens (tertiary/aromatic N) is 1. The molecule has 0 aliphatic carbocycles. The summed E-state index contributed by atoms with van der Waals surface area (Å²) in [6.07, 6.45) is 0.900. The standard InChI is InChI=1S/C19H33N3O3Si/c1-7-24-18(23)16-12-15(14-8-9-20-13-17(14)22-16)21-10-11-25-26(5,6)19(2,3)4/h12,20H,7-11,13H2,1-6H3,(H,21,22). The van der Waals surface area contributed by atoms with Gasteiger partial charge in [-0.3, -0.25) is 0 Å². The second kappa shape index (κ2) is 8.50. The fourth-order valence-electron chi connectivity index (χ4n) is 2.65. The SMILES string of the molecule is CCOC(=O)c1cc(NCCO[Si](C)(C)C(C)(C)C)c2c(n1)CNCC2. The minimum Gasteiger partial charge on any atom is -0.461 e. The van der Waals surface area contributed by atoms with E-state index in [4.69, 9.17) is 9.16 Å². The van der Waals surface area contributed by atoms with Gasteiger partial charge in [-0.1, -0.05) is 20.8 Å². The molecule has 0 unspecified atom stereocenters. The van der Waals surface area contributed by atoms with Crippen molar-refractivity contribution in [2.45, 2.75) is 58.8 Å². The Balaban J connectivity index is 2.08. The third-order valence-electron chi connectivity index (χ3n) is 5.23. The van der Waals surface area contributed by atoms with Crippen molar-refractivity contribution < 1.29 is 14.0 Å². The molecule has 2 rings (SSSR count). The van der Waals surface area contributed by atoms with Crippen LogP contribution in [0.3, 0.4) is 0 Å². The highest BCUT2D eigenvalue weighted by atomic mass is 28.4. The van der Waals surface area contributed by atoms with Crippen molar-refractivity contribution in [2.24, 2.45) is 0 Å². The molecule has 6 nitrogen and oxygen atoms in total. The molecule has 7 heteroatoms. The predicted octanol–water partition coefficient (Wildman–Crippen LogP) is 3.34. The minimum absolute atomic E-state index is 0.200. The van der Waals surface area contributed by atoms with E-state index in [9.17, 15) is 4.79 Å². The van der Waals surface area contributed by atoms with Crippen LogP contribution in [-0.4, -0.2) is 45.6 Å². The van der Waals surface area contributed by atoms with Crippen LogP contribution in [0.15, 0.2) is 6.07 Å². The third kappa shape index (κ3) is 5.05. The van der Waals surface area contributed by atoms with Gasteiger partial charge in [0, 0.05) is 18.8 Å². The van der Waals surface area contributed by atoms with Crippen molar-refractivity contribution in [2.75, 3.05) is 31.6 Å². The fourth-order valence-corrected chi connectivity index (χ4v) is 3.69. The van der Waals surface area contributed by atoms with E-state index in [0.717, 1.165) is 24.3 Å². The normalized spacial score (nSPS) is 14.7. The molecule has 0 saturated heterocycles. The maximum Gasteiger partial charge on any atom is 0.356 e. The highest BCUT2D eigenvalue weighted by molar-refractivity contribution is 6.74. The molecule has 0 fully saturated rings. The molecule has 0 radical (unpaired) electrons. The molecular weight excluding hydrogens is 346 g/mol.